The second-order valence-corrected chi connectivity index (χ2v) is 6.26. The highest BCUT2D eigenvalue weighted by atomic mass is 16.5. The summed E-state index contributed by atoms with van der Waals surface area (Å²) in [5.74, 6) is 1.29. The summed E-state index contributed by atoms with van der Waals surface area (Å²) in [6, 6.07) is 0. The van der Waals surface area contributed by atoms with Crippen molar-refractivity contribution < 1.29 is 9.53 Å². The van der Waals surface area contributed by atoms with Gasteiger partial charge in [0, 0.05) is 6.42 Å². The van der Waals surface area contributed by atoms with Crippen molar-refractivity contribution in [1.29, 1.82) is 0 Å². The molecule has 0 aromatic carbocycles. The summed E-state index contributed by atoms with van der Waals surface area (Å²) in [7, 11) is 4.06. The molecule has 0 amide bonds. The van der Waals surface area contributed by atoms with E-state index < -0.39 is 0 Å². The summed E-state index contributed by atoms with van der Waals surface area (Å²) in [5.41, 5.74) is 0. The fourth-order valence-corrected chi connectivity index (χ4v) is 2.80. The summed E-state index contributed by atoms with van der Waals surface area (Å²) in [6.07, 6.45) is 6.35. The van der Waals surface area contributed by atoms with Gasteiger partial charge in [0.1, 0.15) is 6.10 Å². The van der Waals surface area contributed by atoms with Gasteiger partial charge in [0.25, 0.3) is 0 Å². The molecule has 1 aliphatic carbocycles. The number of carbonyl (C=O) groups excluding carboxylic acids is 1. The lowest BCUT2D eigenvalue weighted by Gasteiger charge is -2.21. The molecule has 3 heteroatoms. The molecule has 1 aliphatic rings. The molecule has 1 saturated carbocycles. The Hall–Kier alpha value is -0.570. The van der Waals surface area contributed by atoms with E-state index in [1.165, 1.54) is 19.3 Å². The Kier molecular flexibility index (Phi) is 6.69. The van der Waals surface area contributed by atoms with E-state index in [9.17, 15) is 4.79 Å². The molecule has 2 unspecified atom stereocenters. The summed E-state index contributed by atoms with van der Waals surface area (Å²) in [4.78, 5) is 13.9. The lowest BCUT2D eigenvalue weighted by molar-refractivity contribution is -0.151. The molecule has 0 heterocycles. The van der Waals surface area contributed by atoms with Crippen LogP contribution < -0.4 is 0 Å². The predicted molar refractivity (Wildman–Crippen MR) is 74.5 cm³/mol. The Morgan fingerprint density at radius 3 is 2.67 bits per heavy atom. The van der Waals surface area contributed by atoms with Gasteiger partial charge in [-0.15, -0.1) is 0 Å². The van der Waals surface area contributed by atoms with Gasteiger partial charge in [-0.2, -0.15) is 0 Å². The van der Waals surface area contributed by atoms with E-state index >= 15 is 0 Å². The highest BCUT2D eigenvalue weighted by Gasteiger charge is 2.30. The highest BCUT2D eigenvalue weighted by molar-refractivity contribution is 5.69. The molecule has 0 spiro atoms. The Balaban J connectivity index is 2.25. The van der Waals surface area contributed by atoms with Gasteiger partial charge in [-0.25, -0.2) is 0 Å². The van der Waals surface area contributed by atoms with E-state index in [4.69, 9.17) is 4.74 Å². The molecule has 0 N–H and O–H groups in total. The Morgan fingerprint density at radius 1 is 1.33 bits per heavy atom. The van der Waals surface area contributed by atoms with Gasteiger partial charge in [-0.05, 0) is 64.6 Å². The minimum Gasteiger partial charge on any atom is -0.462 e. The highest BCUT2D eigenvalue weighted by Crippen LogP contribution is 2.33. The SMILES string of the molecule is CC(C)CC1CCCC1OC(=O)CCCN(C)C. The predicted octanol–water partition coefficient (Wildman–Crippen LogP) is 3.09. The number of carbonyl (C=O) groups is 1. The van der Waals surface area contributed by atoms with Crippen LogP contribution in [-0.2, 0) is 9.53 Å². The largest absolute Gasteiger partial charge is 0.462 e. The molecule has 1 rings (SSSR count). The van der Waals surface area contributed by atoms with Crippen molar-refractivity contribution >= 4 is 5.97 Å². The van der Waals surface area contributed by atoms with Crippen molar-refractivity contribution in [2.24, 2.45) is 11.8 Å². The normalized spacial score (nSPS) is 23.9. The van der Waals surface area contributed by atoms with Crippen LogP contribution in [0.4, 0.5) is 0 Å². The molecule has 2 atom stereocenters. The summed E-state index contributed by atoms with van der Waals surface area (Å²) >= 11 is 0. The molecule has 0 bridgehead atoms. The van der Waals surface area contributed by atoms with Crippen LogP contribution >= 0.6 is 0 Å². The smallest absolute Gasteiger partial charge is 0.306 e. The maximum absolute atomic E-state index is 11.8. The van der Waals surface area contributed by atoms with E-state index in [0.717, 1.165) is 19.4 Å². The standard InChI is InChI=1S/C15H29NO2/c1-12(2)11-13-7-5-8-14(13)18-15(17)9-6-10-16(3)4/h12-14H,5-11H2,1-4H3. The quantitative estimate of drug-likeness (QED) is 0.655. The number of ether oxygens (including phenoxy) is 1. The Bertz CT molecular complexity index is 251. The molecule has 0 saturated heterocycles. The van der Waals surface area contributed by atoms with Crippen molar-refractivity contribution in [3.05, 3.63) is 0 Å². The average molecular weight is 255 g/mol. The Morgan fingerprint density at radius 2 is 2.06 bits per heavy atom. The van der Waals surface area contributed by atoms with Crippen LogP contribution in [0.3, 0.4) is 0 Å². The zero-order valence-electron chi connectivity index (χ0n) is 12.4. The molecule has 1 fully saturated rings. The lowest BCUT2D eigenvalue weighted by atomic mass is 9.94. The molecular formula is C15H29NO2. The van der Waals surface area contributed by atoms with E-state index in [1.807, 2.05) is 14.1 Å². The third kappa shape index (κ3) is 5.85. The number of nitrogens with zero attached hydrogens (tertiary/aromatic N) is 1. The average Bonchev–Trinajstić information content (AvgIpc) is 2.64. The van der Waals surface area contributed by atoms with Crippen molar-refractivity contribution in [2.75, 3.05) is 20.6 Å². The maximum Gasteiger partial charge on any atom is 0.306 e. The lowest BCUT2D eigenvalue weighted by Crippen LogP contribution is -2.24. The van der Waals surface area contributed by atoms with Crippen LogP contribution in [0.1, 0.15) is 52.4 Å². The van der Waals surface area contributed by atoms with Crippen LogP contribution in [0.15, 0.2) is 0 Å². The first-order valence-corrected chi connectivity index (χ1v) is 7.33. The first-order valence-electron chi connectivity index (χ1n) is 7.33. The summed E-state index contributed by atoms with van der Waals surface area (Å²) < 4.78 is 5.65. The Labute approximate surface area is 112 Å². The van der Waals surface area contributed by atoms with Crippen LogP contribution in [0.5, 0.6) is 0 Å². The molecule has 0 radical (unpaired) electrons. The van der Waals surface area contributed by atoms with Crippen molar-refractivity contribution in [3.63, 3.8) is 0 Å². The second-order valence-electron chi connectivity index (χ2n) is 6.26. The van der Waals surface area contributed by atoms with Gasteiger partial charge in [0.2, 0.25) is 0 Å². The molecule has 0 aromatic rings. The van der Waals surface area contributed by atoms with Gasteiger partial charge in [-0.1, -0.05) is 13.8 Å². The monoisotopic (exact) mass is 255 g/mol. The summed E-state index contributed by atoms with van der Waals surface area (Å²) in [6.45, 7) is 5.44. The van der Waals surface area contributed by atoms with Crippen molar-refractivity contribution in [1.82, 2.24) is 4.90 Å². The van der Waals surface area contributed by atoms with Gasteiger partial charge in [0.15, 0.2) is 0 Å². The van der Waals surface area contributed by atoms with Crippen LogP contribution in [-0.4, -0.2) is 37.6 Å². The van der Waals surface area contributed by atoms with Gasteiger partial charge >= 0.3 is 5.97 Å². The van der Waals surface area contributed by atoms with E-state index in [2.05, 4.69) is 18.7 Å². The first kappa shape index (κ1) is 15.5. The first-order chi connectivity index (χ1) is 8.49. The summed E-state index contributed by atoms with van der Waals surface area (Å²) in [5, 5.41) is 0. The third-order valence-corrected chi connectivity index (χ3v) is 3.63. The van der Waals surface area contributed by atoms with E-state index in [-0.39, 0.29) is 12.1 Å². The van der Waals surface area contributed by atoms with Gasteiger partial charge < -0.3 is 9.64 Å². The minimum atomic E-state index is -0.00231. The van der Waals surface area contributed by atoms with Gasteiger partial charge in [0.05, 0.1) is 0 Å². The molecule has 18 heavy (non-hydrogen) atoms. The van der Waals surface area contributed by atoms with Crippen LogP contribution in [0.2, 0.25) is 0 Å². The van der Waals surface area contributed by atoms with Crippen LogP contribution in [0.25, 0.3) is 0 Å². The number of rotatable bonds is 7. The fraction of sp³-hybridized carbons (Fsp3) is 0.933. The second kappa shape index (κ2) is 7.78. The number of hydrogen-bond acceptors (Lipinski definition) is 3. The maximum atomic E-state index is 11.8. The molecule has 0 aliphatic heterocycles. The molecule has 106 valence electrons. The molecule has 3 nitrogen and oxygen atoms in total. The van der Waals surface area contributed by atoms with Gasteiger partial charge in [-0.3, -0.25) is 4.79 Å². The zero-order valence-corrected chi connectivity index (χ0v) is 12.4. The zero-order chi connectivity index (χ0) is 13.5. The molecule has 0 aromatic heterocycles. The molecular weight excluding hydrogens is 226 g/mol. The van der Waals surface area contributed by atoms with Crippen molar-refractivity contribution in [3.8, 4) is 0 Å². The van der Waals surface area contributed by atoms with Crippen LogP contribution in [0, 0.1) is 11.8 Å². The topological polar surface area (TPSA) is 29.5 Å². The minimum absolute atomic E-state index is 0.00231. The fourth-order valence-electron chi connectivity index (χ4n) is 2.80. The van der Waals surface area contributed by atoms with E-state index in [1.54, 1.807) is 0 Å². The number of hydrogen-bond donors (Lipinski definition) is 0. The third-order valence-electron chi connectivity index (χ3n) is 3.63. The van der Waals surface area contributed by atoms with E-state index in [0.29, 0.717) is 18.3 Å². The number of esters is 1. The van der Waals surface area contributed by atoms with Crippen molar-refractivity contribution in [2.45, 2.75) is 58.5 Å².